The van der Waals surface area contributed by atoms with E-state index in [1.807, 2.05) is 78.9 Å². The van der Waals surface area contributed by atoms with Crippen LogP contribution in [0.4, 0.5) is 0 Å². The maximum atomic E-state index is 9.05. The van der Waals surface area contributed by atoms with Gasteiger partial charge in [0.25, 0.3) is 0 Å². The third-order valence-electron chi connectivity index (χ3n) is 5.12. The smallest absolute Gasteiger partial charge is 0.551 e. The quantitative estimate of drug-likeness (QED) is 0.195. The number of nitrogens with zero attached hydrogens (tertiary/aromatic N) is 3. The number of rotatable bonds is 3. The maximum Gasteiger partial charge on any atom is 3.00 e. The van der Waals surface area contributed by atoms with E-state index in [0.29, 0.717) is 0 Å². The molecule has 0 aliphatic carbocycles. The van der Waals surface area contributed by atoms with Gasteiger partial charge < -0.3 is 25.2 Å². The van der Waals surface area contributed by atoms with Gasteiger partial charge >= 0.3 is 20.1 Å². The van der Waals surface area contributed by atoms with Crippen LogP contribution in [0.15, 0.2) is 134 Å². The van der Waals surface area contributed by atoms with E-state index >= 15 is 0 Å². The number of hydrogen-bond donors (Lipinski definition) is 2. The zero-order valence-corrected chi connectivity index (χ0v) is 23.2. The van der Waals surface area contributed by atoms with Crippen molar-refractivity contribution in [2.24, 2.45) is 0 Å². The average Bonchev–Trinajstić information content (AvgIpc) is 3.00. The largest absolute Gasteiger partial charge is 3.00 e. The Hall–Kier alpha value is -4.64. The molecule has 0 aliphatic rings. The van der Waals surface area contributed by atoms with Gasteiger partial charge in [0.15, 0.2) is 0 Å². The molecule has 0 fully saturated rings. The van der Waals surface area contributed by atoms with Gasteiger partial charge in [0, 0.05) is 30.1 Å². The minimum Gasteiger partial charge on any atom is -0.551 e. The SMILES string of the molecule is Oc1c[c-]c(-c2ccccn2)cc1.Oc1c[c-]c(-c2ccccn2)cc1.[Ir+3].[c-]1ccccc1-c1ccccn1. The molecule has 6 heteroatoms. The van der Waals surface area contributed by atoms with E-state index in [9.17, 15) is 0 Å². The summed E-state index contributed by atoms with van der Waals surface area (Å²) in [6, 6.07) is 44.0. The van der Waals surface area contributed by atoms with Crippen molar-refractivity contribution in [3.8, 4) is 45.3 Å². The molecule has 6 aromatic rings. The molecule has 0 radical (unpaired) electrons. The minimum absolute atomic E-state index is 0. The molecule has 0 aliphatic heterocycles. The summed E-state index contributed by atoms with van der Waals surface area (Å²) in [5, 5.41) is 18.1. The molecular weight excluding hydrogens is 663 g/mol. The van der Waals surface area contributed by atoms with Gasteiger partial charge in [-0.1, -0.05) is 36.4 Å². The second kappa shape index (κ2) is 15.6. The fraction of sp³-hybridized carbons (Fsp3) is 0. The molecule has 0 saturated heterocycles. The number of phenols is 2. The molecule has 3 heterocycles. The van der Waals surface area contributed by atoms with Crippen LogP contribution < -0.4 is 0 Å². The summed E-state index contributed by atoms with van der Waals surface area (Å²) in [6.07, 6.45) is 5.25. The fourth-order valence-electron chi connectivity index (χ4n) is 3.27. The number of aromatic nitrogens is 3. The maximum absolute atomic E-state index is 9.05. The third kappa shape index (κ3) is 9.31. The van der Waals surface area contributed by atoms with Crippen molar-refractivity contribution in [3.63, 3.8) is 0 Å². The van der Waals surface area contributed by atoms with Crippen LogP contribution >= 0.6 is 0 Å². The second-order valence-corrected chi connectivity index (χ2v) is 7.84. The summed E-state index contributed by atoms with van der Waals surface area (Å²) in [5.41, 5.74) is 5.51. The molecule has 6 rings (SSSR count). The molecule has 2 N–H and O–H groups in total. The zero-order chi connectivity index (χ0) is 26.4. The Morgan fingerprint density at radius 3 is 1.15 bits per heavy atom. The summed E-state index contributed by atoms with van der Waals surface area (Å²) >= 11 is 0. The average molecular weight is 687 g/mol. The Balaban J connectivity index is 0.000000160. The number of hydrogen-bond acceptors (Lipinski definition) is 5. The molecule has 3 aromatic heterocycles. The first kappa shape index (κ1) is 28.9. The van der Waals surface area contributed by atoms with E-state index in [0.717, 1.165) is 33.8 Å². The van der Waals surface area contributed by atoms with Crippen LogP contribution in [-0.4, -0.2) is 25.2 Å². The number of pyridine rings is 3. The van der Waals surface area contributed by atoms with Crippen LogP contribution in [0.25, 0.3) is 33.8 Å². The number of phenolic OH excluding ortho intramolecular Hbond substituents is 2. The Bertz CT molecular complexity index is 1370. The van der Waals surface area contributed by atoms with E-state index in [4.69, 9.17) is 10.2 Å². The van der Waals surface area contributed by atoms with E-state index in [2.05, 4.69) is 33.2 Å². The van der Waals surface area contributed by atoms with E-state index in [1.54, 1.807) is 42.9 Å². The van der Waals surface area contributed by atoms with Gasteiger partial charge in [-0.3, -0.25) is 0 Å². The van der Waals surface area contributed by atoms with Gasteiger partial charge in [-0.15, -0.1) is 95.6 Å². The first-order chi connectivity index (χ1) is 18.7. The van der Waals surface area contributed by atoms with Gasteiger partial charge in [-0.25, -0.2) is 0 Å². The second-order valence-electron chi connectivity index (χ2n) is 7.84. The number of aromatic hydroxyl groups is 2. The standard InChI is InChI=1S/2C11H8NO.C11H8N.Ir/c2*13-10-6-4-9(5-7-10)11-3-1-2-8-12-11;1-2-6-10(7-3-1)11-8-4-5-9-12-11;/h2*1-4,6-8,13H;1-6,8-9H;/q3*-1;+3. The van der Waals surface area contributed by atoms with Gasteiger partial charge in [0.05, 0.1) is 0 Å². The first-order valence-corrected chi connectivity index (χ1v) is 11.8. The molecule has 5 nitrogen and oxygen atoms in total. The van der Waals surface area contributed by atoms with Crippen LogP contribution in [0.3, 0.4) is 0 Å². The third-order valence-corrected chi connectivity index (χ3v) is 5.12. The molecule has 39 heavy (non-hydrogen) atoms. The molecule has 0 atom stereocenters. The van der Waals surface area contributed by atoms with Crippen molar-refractivity contribution in [1.82, 2.24) is 15.0 Å². The van der Waals surface area contributed by atoms with Crippen LogP contribution in [0.2, 0.25) is 0 Å². The van der Waals surface area contributed by atoms with Gasteiger partial charge in [-0.2, -0.15) is 0 Å². The Kier molecular flexibility index (Phi) is 11.6. The molecule has 0 bridgehead atoms. The molecule has 0 saturated carbocycles. The fourth-order valence-corrected chi connectivity index (χ4v) is 3.27. The molecular formula is C33H24IrN3O2. The molecule has 192 valence electrons. The predicted molar refractivity (Wildman–Crippen MR) is 149 cm³/mol. The van der Waals surface area contributed by atoms with Gasteiger partial charge in [0.1, 0.15) is 0 Å². The summed E-state index contributed by atoms with van der Waals surface area (Å²) in [7, 11) is 0. The van der Waals surface area contributed by atoms with Gasteiger partial charge in [-0.05, 0) is 35.3 Å². The first-order valence-electron chi connectivity index (χ1n) is 11.8. The number of benzene rings is 3. The van der Waals surface area contributed by atoms with E-state index in [1.165, 1.54) is 12.1 Å². The topological polar surface area (TPSA) is 79.1 Å². The van der Waals surface area contributed by atoms with Crippen LogP contribution in [0.1, 0.15) is 0 Å². The van der Waals surface area contributed by atoms with Crippen molar-refractivity contribution in [2.45, 2.75) is 0 Å². The van der Waals surface area contributed by atoms with Crippen LogP contribution in [0, 0.1) is 18.2 Å². The summed E-state index contributed by atoms with van der Waals surface area (Å²) in [5.74, 6) is 0.444. The van der Waals surface area contributed by atoms with Crippen LogP contribution in [0.5, 0.6) is 11.5 Å². The molecule has 3 aromatic carbocycles. The van der Waals surface area contributed by atoms with Crippen LogP contribution in [-0.2, 0) is 20.1 Å². The van der Waals surface area contributed by atoms with E-state index < -0.39 is 0 Å². The monoisotopic (exact) mass is 687 g/mol. The van der Waals surface area contributed by atoms with Crippen molar-refractivity contribution in [2.75, 3.05) is 0 Å². The molecule has 0 spiro atoms. The zero-order valence-electron chi connectivity index (χ0n) is 20.8. The summed E-state index contributed by atoms with van der Waals surface area (Å²) < 4.78 is 0. The normalized spacial score (nSPS) is 9.54. The van der Waals surface area contributed by atoms with Crippen molar-refractivity contribution >= 4 is 0 Å². The minimum atomic E-state index is 0. The van der Waals surface area contributed by atoms with Crippen molar-refractivity contribution in [3.05, 3.63) is 152 Å². The Labute approximate surface area is 241 Å². The Morgan fingerprint density at radius 1 is 0.436 bits per heavy atom. The summed E-state index contributed by atoms with van der Waals surface area (Å²) in [6.45, 7) is 0. The van der Waals surface area contributed by atoms with E-state index in [-0.39, 0.29) is 31.6 Å². The van der Waals surface area contributed by atoms with Crippen molar-refractivity contribution in [1.29, 1.82) is 0 Å². The predicted octanol–water partition coefficient (Wildman–Crippen LogP) is 7.06. The summed E-state index contributed by atoms with van der Waals surface area (Å²) in [4.78, 5) is 12.5. The van der Waals surface area contributed by atoms with Crippen molar-refractivity contribution < 1.29 is 30.3 Å². The Morgan fingerprint density at radius 2 is 0.846 bits per heavy atom. The molecule has 0 amide bonds. The molecule has 0 unspecified atom stereocenters. The van der Waals surface area contributed by atoms with Gasteiger partial charge in [0.2, 0.25) is 0 Å².